The summed E-state index contributed by atoms with van der Waals surface area (Å²) in [6.45, 7) is 2.19. The molecule has 5 amide bonds. The van der Waals surface area contributed by atoms with Gasteiger partial charge in [0.05, 0.1) is 13.2 Å². The number of ether oxygens (including phenoxy) is 4. The first-order valence-corrected chi connectivity index (χ1v) is 28.6. The summed E-state index contributed by atoms with van der Waals surface area (Å²) in [7, 11) is 4.73. The Morgan fingerprint density at radius 3 is 1.41 bits per heavy atom. The molecule has 29 nitrogen and oxygen atoms in total. The van der Waals surface area contributed by atoms with E-state index in [0.29, 0.717) is 34.7 Å². The minimum Gasteiger partial charge on any atom is -0.488 e. The molecule has 0 radical (unpaired) electrons. The van der Waals surface area contributed by atoms with Crippen LogP contribution in [0.5, 0.6) is 17.2 Å². The Kier molecular flexibility index (Phi) is 26.7. The van der Waals surface area contributed by atoms with Crippen LogP contribution >= 0.6 is 28.3 Å². The van der Waals surface area contributed by atoms with Gasteiger partial charge in [0.15, 0.2) is 57.5 Å². The monoisotopic (exact) mass is 1390 g/mol. The number of benzene rings is 2. The third-order valence-electron chi connectivity index (χ3n) is 12.7. The maximum Gasteiger partial charge on any atom is 0.358 e. The van der Waals surface area contributed by atoms with Crippen molar-refractivity contribution in [3.8, 4) is 17.2 Å². The van der Waals surface area contributed by atoms with E-state index in [1.165, 1.54) is 33.5 Å². The highest BCUT2D eigenvalue weighted by molar-refractivity contribution is 9.08. The number of nitrogens with zero attached hydrogens (tertiary/aromatic N) is 11. The number of likely N-dealkylation sites (N-methyl/N-ethyl adjacent to an activating group) is 3. The van der Waals surface area contributed by atoms with Crippen LogP contribution in [0.4, 0.5) is 35.0 Å². The molecule has 494 valence electrons. The summed E-state index contributed by atoms with van der Waals surface area (Å²) in [6.07, 6.45) is 4.70. The Bertz CT molecular complexity index is 4020. The van der Waals surface area contributed by atoms with Crippen molar-refractivity contribution in [2.24, 2.45) is 5.73 Å². The van der Waals surface area contributed by atoms with E-state index in [4.69, 9.17) is 25.1 Å². The molecule has 0 aliphatic carbocycles. The van der Waals surface area contributed by atoms with Crippen LogP contribution in [0.25, 0.3) is 0 Å². The van der Waals surface area contributed by atoms with Crippen molar-refractivity contribution >= 4 is 87.3 Å². The van der Waals surface area contributed by atoms with E-state index in [-0.39, 0.29) is 85.9 Å². The van der Waals surface area contributed by atoms with Crippen molar-refractivity contribution in [3.05, 3.63) is 198 Å². The number of carboxylic acid groups (broad SMARTS) is 1. The molecule has 0 fully saturated rings. The third-order valence-corrected chi connectivity index (χ3v) is 13.3. The number of fused-ring (bicyclic) bond motifs is 3. The summed E-state index contributed by atoms with van der Waals surface area (Å²) in [6, 6.07) is 31.0. The number of hydrogen-bond donors (Lipinski definition) is 7. The van der Waals surface area contributed by atoms with Crippen LogP contribution in [0.2, 0.25) is 0 Å². The Labute approximate surface area is 545 Å². The first-order valence-electron chi connectivity index (χ1n) is 27.5. The second-order valence-electron chi connectivity index (χ2n) is 19.2. The van der Waals surface area contributed by atoms with Crippen molar-refractivity contribution in [1.29, 1.82) is 0 Å². The normalized spacial score (nSPS) is 15.0. The van der Waals surface area contributed by atoms with E-state index in [2.05, 4.69) is 78.8 Å². The second-order valence-corrected chi connectivity index (χ2v) is 19.8. The molecule has 94 heavy (non-hydrogen) atoms. The maximum atomic E-state index is 14.2. The van der Waals surface area contributed by atoms with E-state index in [1.54, 1.807) is 69.8 Å². The number of pyridine rings is 3. The fourth-order valence-electron chi connectivity index (χ4n) is 8.05. The van der Waals surface area contributed by atoms with Gasteiger partial charge in [0.1, 0.15) is 37.9 Å². The number of rotatable bonds is 10. The number of alkyl halides is 1. The number of aromatic amines is 3. The molecule has 0 bridgehead atoms. The average molecular weight is 1390 g/mol. The molecule has 7 aromatic heterocycles. The zero-order valence-electron chi connectivity index (χ0n) is 50.0. The maximum absolute atomic E-state index is 14.2. The van der Waals surface area contributed by atoms with Gasteiger partial charge in [-0.2, -0.15) is 38.0 Å². The van der Waals surface area contributed by atoms with Crippen LogP contribution in [0.3, 0.4) is 0 Å². The Balaban J connectivity index is 0.000000190. The quantitative estimate of drug-likeness (QED) is 0.0508. The Hall–Kier alpha value is -11.1. The molecule has 2 aromatic carbocycles. The van der Waals surface area contributed by atoms with Crippen LogP contribution < -0.4 is 45.3 Å². The Morgan fingerprint density at radius 1 is 0.596 bits per heavy atom. The number of carboxylic acids is 1. The van der Waals surface area contributed by atoms with Gasteiger partial charge in [-0.25, -0.2) is 29.2 Å². The standard InChI is InChI=1S/C20H18FN5O3.C13H12FN5O3.C9H11N3O2.C7H7Br.C6H7FN2O2.C4H3FN2O2.ClH/c1-25-18-16(8-5-9-22-18)29-12-15(20(25)28)23-19(27)14-10-17(21)26(24-14)11-13-6-3-2-4-7-13;1-19-11-9(3-2-4-15-11)22-6-8(13(19)21)16-12(20)7-5-10(14)18-17-7;1-12-8-7(3-2-4-11-8)14-5-6(10)9(12)13;8-6-7-4-2-1-3-5-7;1-2-11-6(10)4-3-5(7)9-8-4;5-3-1-2(4(8)9)6-7-3;/h2-10,15H,11-12H2,1H3,(H,23,27);2-5,8H,6H2,1H3,(H,16,20)(H,17,18);2-4,6H,5,10H2,1H3;1-5H,6H2;3H,2H2,1H3,(H,8,9);1H,(H,6,7)(H,8,9);1H/t15-;8-;6-;;;;/m000..../s1. The molecule has 3 atom stereocenters. The largest absolute Gasteiger partial charge is 0.488 e. The lowest BCUT2D eigenvalue weighted by Crippen LogP contribution is -2.49. The van der Waals surface area contributed by atoms with Crippen molar-refractivity contribution in [1.82, 2.24) is 66.0 Å². The number of halogens is 6. The second kappa shape index (κ2) is 34.9. The lowest BCUT2D eigenvalue weighted by Gasteiger charge is -2.19. The van der Waals surface area contributed by atoms with Crippen LogP contribution in [0.15, 0.2) is 140 Å². The van der Waals surface area contributed by atoms with Gasteiger partial charge in [0, 0.05) is 69.3 Å². The van der Waals surface area contributed by atoms with Crippen LogP contribution in [0, 0.1) is 23.8 Å². The highest BCUT2D eigenvalue weighted by Crippen LogP contribution is 2.30. The SMILES string of the molecule is BrCc1ccccc1.CCOC(=O)c1cc(F)[nH]n1.CN1C(=O)[C@@H](N)COc2cccnc21.CN1C(=O)[C@@H](NC(=O)c2cc(F)[nH]n2)COc2cccnc21.CN1C(=O)[C@@H](NC(=O)c2cc(F)n(Cc3ccccc3)n2)COc2cccnc21.Cl.O=C(O)c1cc(F)[nH]n1. The number of anilines is 3. The van der Waals surface area contributed by atoms with Crippen molar-refractivity contribution in [3.63, 3.8) is 0 Å². The van der Waals surface area contributed by atoms with Gasteiger partial charge in [0.2, 0.25) is 29.7 Å². The molecule has 3 aliphatic rings. The molecule has 9 aromatic rings. The van der Waals surface area contributed by atoms with Crippen molar-refractivity contribution in [2.75, 3.05) is 62.3 Å². The van der Waals surface area contributed by atoms with Gasteiger partial charge in [-0.1, -0.05) is 76.6 Å². The number of nitrogens with one attached hydrogen (secondary N) is 5. The van der Waals surface area contributed by atoms with Gasteiger partial charge >= 0.3 is 11.9 Å². The smallest absolute Gasteiger partial charge is 0.358 e. The molecule has 0 saturated carbocycles. The summed E-state index contributed by atoms with van der Waals surface area (Å²) in [5.74, 6) is -4.17. The highest BCUT2D eigenvalue weighted by atomic mass is 79.9. The fourth-order valence-corrected chi connectivity index (χ4v) is 8.42. The van der Waals surface area contributed by atoms with Gasteiger partial charge in [-0.05, 0) is 54.4 Å². The predicted molar refractivity (Wildman–Crippen MR) is 333 cm³/mol. The number of carbonyl (C=O) groups is 7. The van der Waals surface area contributed by atoms with Gasteiger partial charge < -0.3 is 40.4 Å². The van der Waals surface area contributed by atoms with E-state index in [9.17, 15) is 51.1 Å². The number of aromatic carboxylic acids is 1. The number of H-pyrrole nitrogens is 3. The summed E-state index contributed by atoms with van der Waals surface area (Å²) in [5.41, 5.74) is 7.17. The van der Waals surface area contributed by atoms with Gasteiger partial charge in [-0.15, -0.1) is 12.4 Å². The molecule has 0 saturated heterocycles. The number of esters is 1. The lowest BCUT2D eigenvalue weighted by molar-refractivity contribution is -0.121. The minimum absolute atomic E-state index is 0. The number of nitrogens with two attached hydrogens (primary N) is 1. The van der Waals surface area contributed by atoms with Gasteiger partial charge in [-0.3, -0.25) is 54.0 Å². The van der Waals surface area contributed by atoms with E-state index >= 15 is 0 Å². The van der Waals surface area contributed by atoms with Crippen molar-refractivity contribution < 1.29 is 75.2 Å². The molecular formula is C59H59BrClF4N17O12. The third kappa shape index (κ3) is 19.9. The fraction of sp³-hybridized carbons (Fsp3) is 0.220. The summed E-state index contributed by atoms with van der Waals surface area (Å²) < 4.78 is 73.3. The molecular weight excluding hydrogens is 1330 g/mol. The predicted octanol–water partition coefficient (Wildman–Crippen LogP) is 5.46. The summed E-state index contributed by atoms with van der Waals surface area (Å²) >= 11 is 3.36. The summed E-state index contributed by atoms with van der Waals surface area (Å²) in [4.78, 5) is 98.3. The molecule has 35 heteroatoms. The number of carbonyl (C=O) groups excluding carboxylic acids is 6. The van der Waals surface area contributed by atoms with Crippen molar-refractivity contribution in [2.45, 2.75) is 36.9 Å². The van der Waals surface area contributed by atoms with Crippen LogP contribution in [0.1, 0.15) is 60.0 Å². The van der Waals surface area contributed by atoms with E-state index in [1.807, 2.05) is 63.8 Å². The average Bonchev–Trinajstić information content (AvgIpc) is 1.76. The first kappa shape index (κ1) is 71.9. The zero-order chi connectivity index (χ0) is 67.1. The number of hydrogen-bond acceptors (Lipinski definition) is 19. The van der Waals surface area contributed by atoms with Crippen LogP contribution in [-0.4, -0.2) is 168 Å². The van der Waals surface area contributed by atoms with Gasteiger partial charge in [0.25, 0.3) is 23.6 Å². The number of amides is 5. The molecule has 8 N–H and O–H groups in total. The highest BCUT2D eigenvalue weighted by Gasteiger charge is 2.34. The topological polar surface area (TPSA) is 379 Å². The lowest BCUT2D eigenvalue weighted by atomic mass is 10.2. The van der Waals surface area contributed by atoms with E-state index in [0.717, 1.165) is 39.8 Å². The van der Waals surface area contributed by atoms with E-state index < -0.39 is 65.7 Å². The summed E-state index contributed by atoms with van der Waals surface area (Å²) in [5, 5.41) is 34.0. The first-order chi connectivity index (χ1) is 44.6. The minimum atomic E-state index is -1.24. The molecule has 0 unspecified atom stereocenters. The molecule has 3 aliphatic heterocycles. The zero-order valence-corrected chi connectivity index (χ0v) is 52.4. The molecule has 10 heterocycles. The molecule has 0 spiro atoms. The number of aromatic nitrogens is 11. The molecule has 12 rings (SSSR count). The Morgan fingerprint density at radius 2 is 1.01 bits per heavy atom. The van der Waals surface area contributed by atoms with Crippen LogP contribution in [-0.2, 0) is 31.0 Å².